The summed E-state index contributed by atoms with van der Waals surface area (Å²) in [6, 6.07) is 0.443. The summed E-state index contributed by atoms with van der Waals surface area (Å²) in [4.78, 5) is 15.9. The van der Waals surface area contributed by atoms with Gasteiger partial charge in [0, 0.05) is 18.3 Å². The third-order valence-electron chi connectivity index (χ3n) is 3.17. The molecule has 0 aromatic rings. The number of hydrogen-bond acceptors (Lipinski definition) is 4. The van der Waals surface area contributed by atoms with E-state index < -0.39 is 5.60 Å². The molecule has 122 valence electrons. The molecular formula is C15H29N3O2S. The molecule has 1 aliphatic carbocycles. The Bertz CT molecular complexity index is 366. The highest BCUT2D eigenvalue weighted by atomic mass is 32.2. The number of guanidine groups is 1. The molecule has 0 amide bonds. The molecule has 1 rings (SSSR count). The number of carbonyl (C=O) groups is 1. The lowest BCUT2D eigenvalue weighted by Crippen LogP contribution is -2.45. The van der Waals surface area contributed by atoms with Gasteiger partial charge < -0.3 is 15.4 Å². The normalized spacial score (nSPS) is 23.0. The van der Waals surface area contributed by atoms with Crippen LogP contribution in [0.4, 0.5) is 0 Å². The molecule has 0 radical (unpaired) electrons. The molecule has 5 nitrogen and oxygen atoms in total. The summed E-state index contributed by atoms with van der Waals surface area (Å²) < 4.78 is 5.26. The maximum absolute atomic E-state index is 11.7. The van der Waals surface area contributed by atoms with Crippen molar-refractivity contribution in [3.63, 3.8) is 0 Å². The van der Waals surface area contributed by atoms with Crippen LogP contribution in [0.15, 0.2) is 4.99 Å². The fourth-order valence-corrected chi connectivity index (χ4v) is 3.52. The first-order valence-corrected chi connectivity index (χ1v) is 8.69. The Hall–Kier alpha value is -0.910. The van der Waals surface area contributed by atoms with Crippen LogP contribution in [0.5, 0.6) is 0 Å². The number of rotatable bonds is 5. The van der Waals surface area contributed by atoms with Crippen LogP contribution in [0, 0.1) is 0 Å². The van der Waals surface area contributed by atoms with E-state index >= 15 is 0 Å². The first kappa shape index (κ1) is 18.1. The lowest BCUT2D eigenvalue weighted by Gasteiger charge is -2.21. The molecule has 1 fully saturated rings. The molecule has 2 N–H and O–H groups in total. The molecule has 0 heterocycles. The van der Waals surface area contributed by atoms with E-state index in [0.717, 1.165) is 18.1 Å². The van der Waals surface area contributed by atoms with Gasteiger partial charge in [-0.15, -0.1) is 0 Å². The Labute approximate surface area is 132 Å². The molecule has 1 saturated carbocycles. The van der Waals surface area contributed by atoms with Crippen molar-refractivity contribution in [3.8, 4) is 0 Å². The first-order valence-electron chi connectivity index (χ1n) is 7.64. The molecule has 0 spiro atoms. The van der Waals surface area contributed by atoms with Crippen molar-refractivity contribution in [2.45, 2.75) is 63.9 Å². The largest absolute Gasteiger partial charge is 0.459 e. The van der Waals surface area contributed by atoms with Crippen LogP contribution in [0.3, 0.4) is 0 Å². The quantitative estimate of drug-likeness (QED) is 0.462. The summed E-state index contributed by atoms with van der Waals surface area (Å²) >= 11 is 2.03. The van der Waals surface area contributed by atoms with Gasteiger partial charge in [0.2, 0.25) is 0 Å². The van der Waals surface area contributed by atoms with Crippen molar-refractivity contribution in [2.75, 3.05) is 19.3 Å². The number of carbonyl (C=O) groups excluding carboxylic acids is 1. The zero-order valence-electron chi connectivity index (χ0n) is 13.9. The van der Waals surface area contributed by atoms with Gasteiger partial charge in [-0.2, -0.15) is 11.8 Å². The van der Waals surface area contributed by atoms with Crippen molar-refractivity contribution < 1.29 is 9.53 Å². The van der Waals surface area contributed by atoms with Gasteiger partial charge in [-0.25, -0.2) is 0 Å². The van der Waals surface area contributed by atoms with Crippen molar-refractivity contribution in [3.05, 3.63) is 0 Å². The zero-order valence-corrected chi connectivity index (χ0v) is 14.7. The Morgan fingerprint density at radius 3 is 2.67 bits per heavy atom. The summed E-state index contributed by atoms with van der Waals surface area (Å²) in [5.41, 5.74) is -0.453. The Kier molecular flexibility index (Phi) is 7.35. The predicted molar refractivity (Wildman–Crippen MR) is 89.9 cm³/mol. The second-order valence-electron chi connectivity index (χ2n) is 6.24. The standard InChI is InChI=1S/C15H29N3O2S/c1-6-21-12-8-7-11(9-12)18-14(16-5)17-10-13(19)20-15(2,3)4/h11-12H,6-10H2,1-5H3,(H2,16,17,18). The number of aliphatic imine (C=N–C) groups is 1. The second kappa shape index (κ2) is 8.51. The summed E-state index contributed by atoms with van der Waals surface area (Å²) in [5, 5.41) is 7.16. The van der Waals surface area contributed by atoms with E-state index in [1.807, 2.05) is 32.5 Å². The average Bonchev–Trinajstić information content (AvgIpc) is 2.80. The summed E-state index contributed by atoms with van der Waals surface area (Å²) in [6.45, 7) is 7.93. The second-order valence-corrected chi connectivity index (χ2v) is 7.82. The molecular weight excluding hydrogens is 286 g/mol. The summed E-state index contributed by atoms with van der Waals surface area (Å²) in [6.07, 6.45) is 3.57. The first-order chi connectivity index (χ1) is 9.84. The van der Waals surface area contributed by atoms with Gasteiger partial charge >= 0.3 is 5.97 Å². The molecule has 0 aromatic carbocycles. The average molecular weight is 315 g/mol. The Balaban J connectivity index is 2.32. The van der Waals surface area contributed by atoms with E-state index in [0.29, 0.717) is 12.0 Å². The number of esters is 1. The SMILES string of the molecule is CCSC1CCC(NC(=NC)NCC(=O)OC(C)(C)C)C1. The van der Waals surface area contributed by atoms with Gasteiger partial charge in [-0.1, -0.05) is 6.92 Å². The maximum atomic E-state index is 11.7. The lowest BCUT2D eigenvalue weighted by atomic mass is 10.2. The van der Waals surface area contributed by atoms with Crippen molar-refractivity contribution in [1.29, 1.82) is 0 Å². The zero-order chi connectivity index (χ0) is 15.9. The van der Waals surface area contributed by atoms with Crippen LogP contribution < -0.4 is 10.6 Å². The van der Waals surface area contributed by atoms with E-state index in [9.17, 15) is 4.79 Å². The molecule has 0 bridgehead atoms. The van der Waals surface area contributed by atoms with E-state index in [1.54, 1.807) is 7.05 Å². The molecule has 0 aromatic heterocycles. The predicted octanol–water partition coefficient (Wildman–Crippen LogP) is 2.17. The Morgan fingerprint density at radius 1 is 1.38 bits per heavy atom. The third-order valence-corrected chi connectivity index (χ3v) is 4.40. The van der Waals surface area contributed by atoms with Crippen LogP contribution >= 0.6 is 11.8 Å². The van der Waals surface area contributed by atoms with Gasteiger partial charge in [0.05, 0.1) is 0 Å². The minimum atomic E-state index is -0.453. The van der Waals surface area contributed by atoms with Gasteiger partial charge in [0.15, 0.2) is 5.96 Å². The molecule has 2 unspecified atom stereocenters. The highest BCUT2D eigenvalue weighted by Gasteiger charge is 2.25. The van der Waals surface area contributed by atoms with Gasteiger partial charge in [-0.05, 0) is 45.8 Å². The Morgan fingerprint density at radius 2 is 2.10 bits per heavy atom. The third kappa shape index (κ3) is 7.60. The highest BCUT2D eigenvalue weighted by Crippen LogP contribution is 2.29. The van der Waals surface area contributed by atoms with Crippen LogP contribution in [0.2, 0.25) is 0 Å². The molecule has 1 aliphatic rings. The number of ether oxygens (including phenoxy) is 1. The van der Waals surface area contributed by atoms with E-state index in [-0.39, 0.29) is 12.5 Å². The minimum absolute atomic E-state index is 0.136. The smallest absolute Gasteiger partial charge is 0.325 e. The molecule has 0 aliphatic heterocycles. The van der Waals surface area contributed by atoms with Gasteiger partial charge in [0.25, 0.3) is 0 Å². The van der Waals surface area contributed by atoms with Crippen LogP contribution in [0.25, 0.3) is 0 Å². The number of hydrogen-bond donors (Lipinski definition) is 2. The van der Waals surface area contributed by atoms with E-state index in [2.05, 4.69) is 22.5 Å². The maximum Gasteiger partial charge on any atom is 0.325 e. The molecule has 6 heteroatoms. The number of nitrogens with one attached hydrogen (secondary N) is 2. The molecule has 2 atom stereocenters. The van der Waals surface area contributed by atoms with Crippen LogP contribution in [-0.4, -0.2) is 48.2 Å². The van der Waals surface area contributed by atoms with Gasteiger partial charge in [0.1, 0.15) is 12.1 Å². The van der Waals surface area contributed by atoms with Crippen molar-refractivity contribution in [2.24, 2.45) is 4.99 Å². The number of nitrogens with zero attached hydrogens (tertiary/aromatic N) is 1. The monoisotopic (exact) mass is 315 g/mol. The van der Waals surface area contributed by atoms with Crippen LogP contribution in [-0.2, 0) is 9.53 Å². The lowest BCUT2D eigenvalue weighted by molar-refractivity contribution is -0.153. The highest BCUT2D eigenvalue weighted by molar-refractivity contribution is 7.99. The van der Waals surface area contributed by atoms with Crippen molar-refractivity contribution >= 4 is 23.7 Å². The summed E-state index contributed by atoms with van der Waals surface area (Å²) in [5.74, 6) is 1.58. The van der Waals surface area contributed by atoms with Crippen molar-refractivity contribution in [1.82, 2.24) is 10.6 Å². The fourth-order valence-electron chi connectivity index (χ4n) is 2.38. The summed E-state index contributed by atoms with van der Waals surface area (Å²) in [7, 11) is 1.72. The van der Waals surface area contributed by atoms with Crippen LogP contribution in [0.1, 0.15) is 47.0 Å². The van der Waals surface area contributed by atoms with Gasteiger partial charge in [-0.3, -0.25) is 9.79 Å². The topological polar surface area (TPSA) is 62.7 Å². The minimum Gasteiger partial charge on any atom is -0.459 e. The molecule has 0 saturated heterocycles. The van der Waals surface area contributed by atoms with E-state index in [1.165, 1.54) is 12.2 Å². The van der Waals surface area contributed by atoms with E-state index in [4.69, 9.17) is 4.74 Å². The number of thioether (sulfide) groups is 1. The fraction of sp³-hybridized carbons (Fsp3) is 0.867. The molecule has 21 heavy (non-hydrogen) atoms.